The molecule has 0 aliphatic carbocycles. The van der Waals surface area contributed by atoms with Gasteiger partial charge in [-0.3, -0.25) is 9.69 Å². The maximum Gasteiger partial charge on any atom is 0.260 e. The molecule has 3 heterocycles. The first-order chi connectivity index (χ1) is 16.0. The van der Waals surface area contributed by atoms with Crippen molar-refractivity contribution < 1.29 is 14.3 Å². The van der Waals surface area contributed by atoms with Crippen LogP contribution in [0.4, 0.5) is 0 Å². The molecule has 1 fully saturated rings. The number of piperazine rings is 1. The van der Waals surface area contributed by atoms with E-state index in [-0.39, 0.29) is 17.4 Å². The summed E-state index contributed by atoms with van der Waals surface area (Å²) >= 11 is 0. The number of ether oxygens (including phenoxy) is 1. The summed E-state index contributed by atoms with van der Waals surface area (Å²) in [6, 6.07) is 12.9. The Morgan fingerprint density at radius 2 is 1.82 bits per heavy atom. The number of furan rings is 1. The topological polar surface area (TPSA) is 71.1 Å². The number of aromatic nitrogens is 1. The van der Waals surface area contributed by atoms with Gasteiger partial charge in [-0.2, -0.15) is 0 Å². The summed E-state index contributed by atoms with van der Waals surface area (Å²) in [5.41, 5.74) is 1.87. The highest BCUT2D eigenvalue weighted by Gasteiger charge is 2.31. The number of nitrogens with zero attached hydrogens (tertiary/aromatic N) is 3. The van der Waals surface area contributed by atoms with E-state index in [1.807, 2.05) is 50.2 Å². The van der Waals surface area contributed by atoms with Gasteiger partial charge in [-0.1, -0.05) is 19.1 Å². The molecule has 2 aromatic heterocycles. The number of rotatable bonds is 8. The van der Waals surface area contributed by atoms with Crippen molar-refractivity contribution in [2.24, 2.45) is 0 Å². The third kappa shape index (κ3) is 4.99. The van der Waals surface area contributed by atoms with E-state index in [2.05, 4.69) is 16.7 Å². The molecule has 0 amide bonds. The Bertz CT molecular complexity index is 1100. The van der Waals surface area contributed by atoms with Gasteiger partial charge in [0.2, 0.25) is 0 Å². The van der Waals surface area contributed by atoms with Gasteiger partial charge in [0, 0.05) is 31.9 Å². The molecule has 0 unspecified atom stereocenters. The smallest absolute Gasteiger partial charge is 0.260 e. The third-order valence-electron chi connectivity index (χ3n) is 6.42. The van der Waals surface area contributed by atoms with E-state index < -0.39 is 0 Å². The molecular weight excluding hydrogens is 418 g/mol. The van der Waals surface area contributed by atoms with Crippen LogP contribution in [0, 0.1) is 6.92 Å². The highest BCUT2D eigenvalue weighted by atomic mass is 16.5. The van der Waals surface area contributed by atoms with E-state index in [1.54, 1.807) is 16.9 Å². The number of aromatic hydroxyl groups is 1. The van der Waals surface area contributed by atoms with E-state index in [0.717, 1.165) is 44.0 Å². The summed E-state index contributed by atoms with van der Waals surface area (Å²) in [7, 11) is 0. The molecule has 0 radical (unpaired) electrons. The van der Waals surface area contributed by atoms with Gasteiger partial charge in [0.05, 0.1) is 31.0 Å². The molecule has 7 heteroatoms. The Kier molecular flexibility index (Phi) is 7.20. The summed E-state index contributed by atoms with van der Waals surface area (Å²) in [5, 5.41) is 11.0. The largest absolute Gasteiger partial charge is 0.507 e. The van der Waals surface area contributed by atoms with Crippen molar-refractivity contribution in [2.75, 3.05) is 39.3 Å². The lowest BCUT2D eigenvalue weighted by Gasteiger charge is -2.39. The number of pyridine rings is 1. The minimum Gasteiger partial charge on any atom is -0.507 e. The van der Waals surface area contributed by atoms with Crippen LogP contribution in [0.5, 0.6) is 11.5 Å². The minimum atomic E-state index is -0.351. The van der Waals surface area contributed by atoms with Crippen LogP contribution in [0.15, 0.2) is 57.9 Å². The molecule has 33 heavy (non-hydrogen) atoms. The second kappa shape index (κ2) is 10.3. The van der Waals surface area contributed by atoms with Crippen LogP contribution in [0.25, 0.3) is 0 Å². The number of likely N-dealkylation sites (N-methyl/N-ethyl adjacent to an activating group) is 1. The Labute approximate surface area is 194 Å². The molecular formula is C26H33N3O4. The molecule has 0 saturated carbocycles. The van der Waals surface area contributed by atoms with Crippen molar-refractivity contribution in [1.29, 1.82) is 0 Å². The zero-order chi connectivity index (χ0) is 23.4. The van der Waals surface area contributed by atoms with Crippen LogP contribution in [0.2, 0.25) is 0 Å². The zero-order valence-corrected chi connectivity index (χ0v) is 19.7. The Balaban J connectivity index is 1.78. The first-order valence-electron chi connectivity index (χ1n) is 11.7. The first kappa shape index (κ1) is 23.1. The maximum atomic E-state index is 13.8. The van der Waals surface area contributed by atoms with Crippen molar-refractivity contribution in [3.8, 4) is 11.5 Å². The van der Waals surface area contributed by atoms with Crippen LogP contribution < -0.4 is 10.3 Å². The lowest BCUT2D eigenvalue weighted by atomic mass is 9.95. The summed E-state index contributed by atoms with van der Waals surface area (Å²) < 4.78 is 12.8. The lowest BCUT2D eigenvalue weighted by molar-refractivity contribution is 0.111. The van der Waals surface area contributed by atoms with Crippen LogP contribution in [0.1, 0.15) is 42.5 Å². The van der Waals surface area contributed by atoms with Gasteiger partial charge in [-0.05, 0) is 56.3 Å². The van der Waals surface area contributed by atoms with Crippen molar-refractivity contribution in [2.45, 2.75) is 33.4 Å². The minimum absolute atomic E-state index is 0.0324. The van der Waals surface area contributed by atoms with Gasteiger partial charge >= 0.3 is 0 Å². The molecule has 4 rings (SSSR count). The Morgan fingerprint density at radius 3 is 2.42 bits per heavy atom. The number of hydrogen-bond acceptors (Lipinski definition) is 6. The van der Waals surface area contributed by atoms with Crippen LogP contribution in [-0.2, 0) is 6.54 Å². The molecule has 1 atom stereocenters. The summed E-state index contributed by atoms with van der Waals surface area (Å²) in [4.78, 5) is 18.5. The van der Waals surface area contributed by atoms with Gasteiger partial charge < -0.3 is 23.7 Å². The van der Waals surface area contributed by atoms with Crippen LogP contribution in [-0.4, -0.2) is 58.8 Å². The van der Waals surface area contributed by atoms with E-state index in [1.165, 1.54) is 0 Å². The molecule has 0 spiro atoms. The highest BCUT2D eigenvalue weighted by Crippen LogP contribution is 2.34. The zero-order valence-electron chi connectivity index (χ0n) is 19.7. The van der Waals surface area contributed by atoms with Crippen molar-refractivity contribution in [3.05, 3.63) is 81.7 Å². The average Bonchev–Trinajstić information content (AvgIpc) is 3.34. The molecule has 1 N–H and O–H groups in total. The molecule has 7 nitrogen and oxygen atoms in total. The maximum absolute atomic E-state index is 13.8. The number of aryl methyl sites for hydroxylation is 1. The normalized spacial score (nSPS) is 16.1. The second-order valence-electron chi connectivity index (χ2n) is 8.43. The van der Waals surface area contributed by atoms with E-state index >= 15 is 0 Å². The third-order valence-corrected chi connectivity index (χ3v) is 6.42. The van der Waals surface area contributed by atoms with Gasteiger partial charge in [0.15, 0.2) is 0 Å². The average molecular weight is 452 g/mol. The van der Waals surface area contributed by atoms with Crippen LogP contribution >= 0.6 is 0 Å². The van der Waals surface area contributed by atoms with Gasteiger partial charge in [-0.25, -0.2) is 0 Å². The van der Waals surface area contributed by atoms with Crippen LogP contribution in [0.3, 0.4) is 0 Å². The molecule has 176 valence electrons. The predicted octanol–water partition coefficient (Wildman–Crippen LogP) is 3.63. The lowest BCUT2D eigenvalue weighted by Crippen LogP contribution is -2.48. The fourth-order valence-corrected chi connectivity index (χ4v) is 4.59. The second-order valence-corrected chi connectivity index (χ2v) is 8.43. The monoisotopic (exact) mass is 451 g/mol. The fourth-order valence-electron chi connectivity index (χ4n) is 4.59. The van der Waals surface area contributed by atoms with Crippen molar-refractivity contribution in [1.82, 2.24) is 14.4 Å². The van der Waals surface area contributed by atoms with Gasteiger partial charge in [-0.15, -0.1) is 0 Å². The predicted molar refractivity (Wildman–Crippen MR) is 128 cm³/mol. The summed E-state index contributed by atoms with van der Waals surface area (Å²) in [5.74, 6) is 1.52. The molecule has 1 aliphatic rings. The highest BCUT2D eigenvalue weighted by molar-refractivity contribution is 5.42. The van der Waals surface area contributed by atoms with Gasteiger partial charge in [0.1, 0.15) is 17.3 Å². The SMILES string of the molecule is CCOc1ccc([C@H](c2c(O)cc(C)n(Cc3ccco3)c2=O)N2CCN(CC)CC2)cc1. The Hall–Kier alpha value is -3.03. The number of hydrogen-bond donors (Lipinski definition) is 1. The molecule has 0 bridgehead atoms. The summed E-state index contributed by atoms with van der Waals surface area (Å²) in [6.07, 6.45) is 1.60. The molecule has 1 aromatic carbocycles. The van der Waals surface area contributed by atoms with Crippen molar-refractivity contribution in [3.63, 3.8) is 0 Å². The van der Waals surface area contributed by atoms with E-state index in [0.29, 0.717) is 30.2 Å². The molecule has 1 saturated heterocycles. The quantitative estimate of drug-likeness (QED) is 0.564. The van der Waals surface area contributed by atoms with Gasteiger partial charge in [0.25, 0.3) is 5.56 Å². The first-order valence-corrected chi connectivity index (χ1v) is 11.7. The fraction of sp³-hybridized carbons (Fsp3) is 0.423. The summed E-state index contributed by atoms with van der Waals surface area (Å²) in [6.45, 7) is 11.4. The van der Waals surface area contributed by atoms with E-state index in [4.69, 9.17) is 9.15 Å². The Morgan fingerprint density at radius 1 is 1.09 bits per heavy atom. The molecule has 1 aliphatic heterocycles. The number of benzene rings is 1. The van der Waals surface area contributed by atoms with E-state index in [9.17, 15) is 9.90 Å². The van der Waals surface area contributed by atoms with Crippen molar-refractivity contribution >= 4 is 0 Å². The molecule has 3 aromatic rings. The standard InChI is InChI=1S/C26H33N3O4/c1-4-27-12-14-28(15-13-27)25(20-8-10-21(11-9-20)32-5-2)24-23(30)17-19(3)29(26(24)31)18-22-7-6-16-33-22/h6-11,16-17,25,30H,4-5,12-15,18H2,1-3H3/t25-/m1/s1.